The van der Waals surface area contributed by atoms with E-state index in [0.717, 1.165) is 6.42 Å². The summed E-state index contributed by atoms with van der Waals surface area (Å²) in [6.45, 7) is 3.71. The maximum atomic E-state index is 12.8. The number of halogens is 1. The summed E-state index contributed by atoms with van der Waals surface area (Å²) in [5.74, 6) is -0.297. The van der Waals surface area contributed by atoms with Gasteiger partial charge in [-0.15, -0.1) is 0 Å². The zero-order valence-electron chi connectivity index (χ0n) is 8.05. The van der Waals surface area contributed by atoms with Crippen LogP contribution in [0, 0.1) is 5.82 Å². The molecule has 0 bridgehead atoms. The lowest BCUT2D eigenvalue weighted by molar-refractivity contribution is 0.0466. The van der Waals surface area contributed by atoms with Gasteiger partial charge in [0.1, 0.15) is 5.82 Å². The molecule has 72 valence electrons. The van der Waals surface area contributed by atoms with Crippen LogP contribution in [0.5, 0.6) is 0 Å². The predicted octanol–water partition coefficient (Wildman–Crippen LogP) is 2.83. The van der Waals surface area contributed by atoms with Crippen molar-refractivity contribution in [2.75, 3.05) is 0 Å². The molecule has 1 rings (SSSR count). The first-order valence-electron chi connectivity index (χ1n) is 4.54. The summed E-state index contributed by atoms with van der Waals surface area (Å²) in [6, 6.07) is 6.13. The minimum absolute atomic E-state index is 0.297. The molecule has 0 saturated heterocycles. The van der Waals surface area contributed by atoms with E-state index in [0.29, 0.717) is 12.0 Å². The van der Waals surface area contributed by atoms with Gasteiger partial charge in [0, 0.05) is 0 Å². The monoisotopic (exact) mass is 182 g/mol. The summed E-state index contributed by atoms with van der Waals surface area (Å²) in [5.41, 5.74) is -0.258. The highest BCUT2D eigenvalue weighted by molar-refractivity contribution is 5.22. The zero-order valence-corrected chi connectivity index (χ0v) is 8.05. The van der Waals surface area contributed by atoms with Crippen LogP contribution in [-0.4, -0.2) is 5.11 Å². The number of benzene rings is 1. The minimum atomic E-state index is -0.906. The van der Waals surface area contributed by atoms with Crippen LogP contribution < -0.4 is 0 Å². The standard InChI is InChI=1S/C11H15FO/c1-3-7-11(2,13)9-5-4-6-10(12)8-9/h4-6,8,13H,3,7H2,1-2H3/t11-/m0/s1. The van der Waals surface area contributed by atoms with Gasteiger partial charge in [-0.1, -0.05) is 25.5 Å². The summed E-state index contributed by atoms with van der Waals surface area (Å²) in [5, 5.41) is 9.94. The zero-order chi connectivity index (χ0) is 9.90. The molecule has 0 spiro atoms. The summed E-state index contributed by atoms with van der Waals surface area (Å²) in [4.78, 5) is 0. The van der Waals surface area contributed by atoms with Crippen molar-refractivity contribution in [3.8, 4) is 0 Å². The van der Waals surface area contributed by atoms with Gasteiger partial charge in [-0.3, -0.25) is 0 Å². The third-order valence-electron chi connectivity index (χ3n) is 2.18. The normalized spacial score (nSPS) is 15.4. The number of aliphatic hydroxyl groups is 1. The summed E-state index contributed by atoms with van der Waals surface area (Å²) < 4.78 is 12.8. The Kier molecular flexibility index (Phi) is 3.04. The smallest absolute Gasteiger partial charge is 0.123 e. The lowest BCUT2D eigenvalue weighted by Crippen LogP contribution is -2.20. The maximum Gasteiger partial charge on any atom is 0.123 e. The Hall–Kier alpha value is -0.890. The summed E-state index contributed by atoms with van der Waals surface area (Å²) in [6.07, 6.45) is 1.53. The molecule has 0 fully saturated rings. The first kappa shape index (κ1) is 10.2. The van der Waals surface area contributed by atoms with Crippen molar-refractivity contribution < 1.29 is 9.50 Å². The quantitative estimate of drug-likeness (QED) is 0.762. The van der Waals surface area contributed by atoms with E-state index >= 15 is 0 Å². The van der Waals surface area contributed by atoms with E-state index in [1.54, 1.807) is 19.1 Å². The molecule has 0 radical (unpaired) electrons. The van der Waals surface area contributed by atoms with Crippen LogP contribution in [0.25, 0.3) is 0 Å². The maximum absolute atomic E-state index is 12.8. The first-order valence-corrected chi connectivity index (χ1v) is 4.54. The molecule has 0 heterocycles. The molecule has 13 heavy (non-hydrogen) atoms. The molecule has 0 aromatic heterocycles. The van der Waals surface area contributed by atoms with Crippen molar-refractivity contribution in [2.45, 2.75) is 32.3 Å². The molecule has 2 heteroatoms. The van der Waals surface area contributed by atoms with E-state index in [4.69, 9.17) is 0 Å². The molecule has 1 aromatic rings. The van der Waals surface area contributed by atoms with Crippen molar-refractivity contribution >= 4 is 0 Å². The minimum Gasteiger partial charge on any atom is -0.385 e. The van der Waals surface area contributed by atoms with Crippen LogP contribution in [0.1, 0.15) is 32.3 Å². The fourth-order valence-electron chi connectivity index (χ4n) is 1.45. The van der Waals surface area contributed by atoms with Gasteiger partial charge in [0.2, 0.25) is 0 Å². The van der Waals surface area contributed by atoms with Gasteiger partial charge in [0.05, 0.1) is 5.60 Å². The first-order chi connectivity index (χ1) is 6.06. The molecule has 1 nitrogen and oxygen atoms in total. The Morgan fingerprint density at radius 3 is 2.69 bits per heavy atom. The van der Waals surface area contributed by atoms with Crippen molar-refractivity contribution in [3.63, 3.8) is 0 Å². The molecule has 1 aromatic carbocycles. The van der Waals surface area contributed by atoms with Gasteiger partial charge in [0.25, 0.3) is 0 Å². The van der Waals surface area contributed by atoms with Crippen LogP contribution in [-0.2, 0) is 5.60 Å². The van der Waals surface area contributed by atoms with Crippen molar-refractivity contribution in [3.05, 3.63) is 35.6 Å². The second-order valence-electron chi connectivity index (χ2n) is 3.53. The SMILES string of the molecule is CCC[C@](C)(O)c1cccc(F)c1. The third kappa shape index (κ3) is 2.52. The second kappa shape index (κ2) is 3.88. The van der Waals surface area contributed by atoms with E-state index in [1.807, 2.05) is 6.92 Å². The molecule has 0 aliphatic carbocycles. The third-order valence-corrected chi connectivity index (χ3v) is 2.18. The fourth-order valence-corrected chi connectivity index (χ4v) is 1.45. The number of rotatable bonds is 3. The summed E-state index contributed by atoms with van der Waals surface area (Å²) >= 11 is 0. The Morgan fingerprint density at radius 1 is 1.46 bits per heavy atom. The van der Waals surface area contributed by atoms with Gasteiger partial charge >= 0.3 is 0 Å². The Balaban J connectivity index is 2.93. The van der Waals surface area contributed by atoms with Gasteiger partial charge < -0.3 is 5.11 Å². The highest BCUT2D eigenvalue weighted by Crippen LogP contribution is 2.25. The molecule has 0 aliphatic heterocycles. The van der Waals surface area contributed by atoms with Crippen LogP contribution in [0.15, 0.2) is 24.3 Å². The Morgan fingerprint density at radius 2 is 2.15 bits per heavy atom. The van der Waals surface area contributed by atoms with E-state index in [9.17, 15) is 9.50 Å². The number of hydrogen-bond acceptors (Lipinski definition) is 1. The molecular weight excluding hydrogens is 167 g/mol. The molecular formula is C11H15FO. The predicted molar refractivity (Wildman–Crippen MR) is 50.9 cm³/mol. The van der Waals surface area contributed by atoms with E-state index in [-0.39, 0.29) is 5.82 Å². The van der Waals surface area contributed by atoms with Crippen molar-refractivity contribution in [1.82, 2.24) is 0 Å². The second-order valence-corrected chi connectivity index (χ2v) is 3.53. The van der Waals surface area contributed by atoms with Gasteiger partial charge in [-0.2, -0.15) is 0 Å². The average Bonchev–Trinajstić information content (AvgIpc) is 2.04. The molecule has 0 saturated carbocycles. The molecule has 0 unspecified atom stereocenters. The van der Waals surface area contributed by atoms with Gasteiger partial charge in [-0.05, 0) is 31.0 Å². The van der Waals surface area contributed by atoms with Crippen molar-refractivity contribution in [2.24, 2.45) is 0 Å². The van der Waals surface area contributed by atoms with E-state index in [2.05, 4.69) is 0 Å². The highest BCUT2D eigenvalue weighted by atomic mass is 19.1. The van der Waals surface area contributed by atoms with Crippen molar-refractivity contribution in [1.29, 1.82) is 0 Å². The Bertz CT molecular complexity index is 281. The van der Waals surface area contributed by atoms with Crippen LogP contribution in [0.2, 0.25) is 0 Å². The lowest BCUT2D eigenvalue weighted by atomic mass is 9.91. The Labute approximate surface area is 78.2 Å². The number of hydrogen-bond donors (Lipinski definition) is 1. The largest absolute Gasteiger partial charge is 0.385 e. The van der Waals surface area contributed by atoms with E-state index in [1.165, 1.54) is 12.1 Å². The topological polar surface area (TPSA) is 20.2 Å². The van der Waals surface area contributed by atoms with Crippen LogP contribution in [0.3, 0.4) is 0 Å². The summed E-state index contributed by atoms with van der Waals surface area (Å²) in [7, 11) is 0. The average molecular weight is 182 g/mol. The fraction of sp³-hybridized carbons (Fsp3) is 0.455. The molecule has 0 amide bonds. The van der Waals surface area contributed by atoms with Crippen LogP contribution in [0.4, 0.5) is 4.39 Å². The lowest BCUT2D eigenvalue weighted by Gasteiger charge is -2.23. The van der Waals surface area contributed by atoms with E-state index < -0.39 is 5.60 Å². The van der Waals surface area contributed by atoms with Gasteiger partial charge in [-0.25, -0.2) is 4.39 Å². The van der Waals surface area contributed by atoms with Gasteiger partial charge in [0.15, 0.2) is 0 Å². The van der Waals surface area contributed by atoms with Crippen LogP contribution >= 0.6 is 0 Å². The molecule has 1 N–H and O–H groups in total. The molecule has 1 atom stereocenters. The molecule has 0 aliphatic rings. The highest BCUT2D eigenvalue weighted by Gasteiger charge is 2.21.